The highest BCUT2D eigenvalue weighted by molar-refractivity contribution is 5.92. The van der Waals surface area contributed by atoms with Gasteiger partial charge in [-0.05, 0) is 84.8 Å². The van der Waals surface area contributed by atoms with Crippen molar-refractivity contribution in [1.29, 1.82) is 0 Å². The predicted octanol–water partition coefficient (Wildman–Crippen LogP) is 6.91. The number of benzene rings is 2. The number of aromatic nitrogens is 1. The molecule has 1 saturated carbocycles. The van der Waals surface area contributed by atoms with Gasteiger partial charge in [0, 0.05) is 29.6 Å². The molecule has 2 N–H and O–H groups in total. The zero-order valence-electron chi connectivity index (χ0n) is 31.4. The van der Waals surface area contributed by atoms with E-state index in [1.54, 1.807) is 34.8 Å². The van der Waals surface area contributed by atoms with Gasteiger partial charge in [0.1, 0.15) is 29.2 Å². The van der Waals surface area contributed by atoms with Crippen LogP contribution in [-0.4, -0.2) is 71.9 Å². The molecule has 2 heterocycles. The summed E-state index contributed by atoms with van der Waals surface area (Å²) in [4.78, 5) is 59.6. The number of fused-ring (bicyclic) bond motifs is 2. The van der Waals surface area contributed by atoms with Crippen LogP contribution in [0.2, 0.25) is 0 Å². The van der Waals surface area contributed by atoms with Crippen molar-refractivity contribution in [3.8, 4) is 22.8 Å². The van der Waals surface area contributed by atoms with E-state index in [0.29, 0.717) is 42.0 Å². The van der Waals surface area contributed by atoms with E-state index in [0.717, 1.165) is 30.2 Å². The largest absolute Gasteiger partial charge is 0.497 e. The standard InChI is InChI=1S/C41H52N4O8/c1-6-51-39(48)33-19-15-10-8-7-9-11-16-22-45(44-40(49)53-41(2,3)4)38(47)32-24-29(23-31(32)37(46)43-33)52-36-26-34(27-17-13-12-14-18-27)42-35-25-28(50-5)20-21-30(35)36/h8,10,12-14,17-18,20-21,25-26,29,31-33H,6-7,9,11,15-16,19,22-24H2,1-5H3,(H,43,46)(H,44,49). The van der Waals surface area contributed by atoms with Gasteiger partial charge in [-0.3, -0.25) is 14.6 Å². The van der Waals surface area contributed by atoms with Crippen molar-refractivity contribution in [2.75, 3.05) is 20.3 Å². The van der Waals surface area contributed by atoms with Crippen LogP contribution in [0.1, 0.15) is 79.1 Å². The Morgan fingerprint density at radius 2 is 1.72 bits per heavy atom. The van der Waals surface area contributed by atoms with Crippen LogP contribution in [0.4, 0.5) is 4.79 Å². The van der Waals surface area contributed by atoms with Crippen LogP contribution in [0.5, 0.6) is 11.5 Å². The quantitative estimate of drug-likeness (QED) is 0.196. The Labute approximate surface area is 311 Å². The van der Waals surface area contributed by atoms with Gasteiger partial charge in [-0.25, -0.2) is 20.0 Å². The van der Waals surface area contributed by atoms with Crippen LogP contribution < -0.4 is 20.2 Å². The first-order chi connectivity index (χ1) is 25.5. The molecule has 2 aromatic carbocycles. The molecule has 3 aromatic rings. The van der Waals surface area contributed by atoms with Crippen molar-refractivity contribution in [2.45, 2.75) is 96.8 Å². The van der Waals surface area contributed by atoms with Crippen LogP contribution in [0, 0.1) is 11.8 Å². The molecule has 1 aliphatic carbocycles. The second-order valence-corrected chi connectivity index (χ2v) is 14.5. The Bertz CT molecular complexity index is 1770. The molecule has 12 heteroatoms. The Balaban J connectivity index is 1.50. The smallest absolute Gasteiger partial charge is 0.426 e. The van der Waals surface area contributed by atoms with Crippen molar-refractivity contribution in [3.63, 3.8) is 0 Å². The first-order valence-electron chi connectivity index (χ1n) is 18.6. The maximum absolute atomic E-state index is 14.5. The van der Waals surface area contributed by atoms with Gasteiger partial charge in [0.25, 0.3) is 0 Å². The summed E-state index contributed by atoms with van der Waals surface area (Å²) in [7, 11) is 1.60. The summed E-state index contributed by atoms with van der Waals surface area (Å²) in [5, 5.41) is 4.94. The Hall–Kier alpha value is -5.13. The zero-order chi connectivity index (χ0) is 38.0. The molecule has 284 valence electrons. The number of carbonyl (C=O) groups excluding carboxylic acids is 4. The zero-order valence-corrected chi connectivity index (χ0v) is 31.4. The molecule has 3 amide bonds. The molecule has 1 aromatic heterocycles. The third-order valence-corrected chi connectivity index (χ3v) is 9.34. The van der Waals surface area contributed by atoms with Gasteiger partial charge >= 0.3 is 12.1 Å². The molecule has 12 nitrogen and oxygen atoms in total. The van der Waals surface area contributed by atoms with Crippen LogP contribution >= 0.6 is 0 Å². The number of carbonyl (C=O) groups is 4. The molecular formula is C41H52N4O8. The third-order valence-electron chi connectivity index (χ3n) is 9.34. The number of methoxy groups -OCH3 is 1. The minimum absolute atomic E-state index is 0.170. The third kappa shape index (κ3) is 10.7. The van der Waals surface area contributed by atoms with Gasteiger partial charge in [-0.1, -0.05) is 48.9 Å². The van der Waals surface area contributed by atoms with Crippen LogP contribution in [-0.2, 0) is 23.9 Å². The van der Waals surface area contributed by atoms with Gasteiger partial charge in [-0.15, -0.1) is 0 Å². The van der Waals surface area contributed by atoms with Crippen molar-refractivity contribution in [2.24, 2.45) is 11.8 Å². The molecule has 1 fully saturated rings. The Morgan fingerprint density at radius 1 is 0.962 bits per heavy atom. The Kier molecular flexibility index (Phi) is 13.3. The van der Waals surface area contributed by atoms with E-state index < -0.39 is 53.5 Å². The first kappa shape index (κ1) is 39.1. The molecule has 53 heavy (non-hydrogen) atoms. The maximum atomic E-state index is 14.5. The number of esters is 1. The molecule has 2 aliphatic rings. The predicted molar refractivity (Wildman–Crippen MR) is 201 cm³/mol. The van der Waals surface area contributed by atoms with Crippen LogP contribution in [0.15, 0.2) is 66.7 Å². The van der Waals surface area contributed by atoms with Crippen LogP contribution in [0.25, 0.3) is 22.2 Å². The van der Waals surface area contributed by atoms with Crippen molar-refractivity contribution >= 4 is 34.8 Å². The average Bonchev–Trinajstić information content (AvgIpc) is 3.55. The monoisotopic (exact) mass is 728 g/mol. The molecule has 4 unspecified atom stereocenters. The van der Waals surface area contributed by atoms with Gasteiger partial charge in [0.15, 0.2) is 0 Å². The summed E-state index contributed by atoms with van der Waals surface area (Å²) in [5.74, 6) is -1.93. The van der Waals surface area contributed by atoms with Gasteiger partial charge in [-0.2, -0.15) is 0 Å². The lowest BCUT2D eigenvalue weighted by molar-refractivity contribution is -0.149. The number of allylic oxidation sites excluding steroid dienone is 2. The lowest BCUT2D eigenvalue weighted by atomic mass is 9.93. The maximum Gasteiger partial charge on any atom is 0.426 e. The minimum Gasteiger partial charge on any atom is -0.497 e. The average molecular weight is 729 g/mol. The van der Waals surface area contributed by atoms with Crippen molar-refractivity contribution in [1.82, 2.24) is 20.7 Å². The van der Waals surface area contributed by atoms with Crippen LogP contribution in [0.3, 0.4) is 0 Å². The molecule has 0 bridgehead atoms. The normalized spacial score (nSPS) is 21.7. The fourth-order valence-corrected chi connectivity index (χ4v) is 6.80. The van der Waals surface area contributed by atoms with E-state index in [2.05, 4.69) is 16.8 Å². The number of hydrogen-bond donors (Lipinski definition) is 2. The number of amides is 3. The summed E-state index contributed by atoms with van der Waals surface area (Å²) < 4.78 is 23.0. The molecule has 1 aliphatic heterocycles. The van der Waals surface area contributed by atoms with Crippen molar-refractivity contribution < 1.29 is 38.1 Å². The molecule has 0 spiro atoms. The first-order valence-corrected chi connectivity index (χ1v) is 18.6. The number of nitrogens with zero attached hydrogens (tertiary/aromatic N) is 2. The highest BCUT2D eigenvalue weighted by atomic mass is 16.6. The van der Waals surface area contributed by atoms with E-state index in [-0.39, 0.29) is 26.0 Å². The lowest BCUT2D eigenvalue weighted by Gasteiger charge is -2.30. The van der Waals surface area contributed by atoms with Gasteiger partial charge in [0.05, 0.1) is 36.8 Å². The number of pyridine rings is 1. The highest BCUT2D eigenvalue weighted by Gasteiger charge is 2.46. The number of hydrogen-bond acceptors (Lipinski definition) is 9. The van der Waals surface area contributed by atoms with E-state index in [1.807, 2.05) is 60.7 Å². The fourth-order valence-electron chi connectivity index (χ4n) is 6.80. The van der Waals surface area contributed by atoms with E-state index >= 15 is 0 Å². The highest BCUT2D eigenvalue weighted by Crippen LogP contribution is 2.39. The van der Waals surface area contributed by atoms with E-state index in [4.69, 9.17) is 23.9 Å². The molecule has 0 saturated heterocycles. The second kappa shape index (κ2) is 18.1. The lowest BCUT2D eigenvalue weighted by Crippen LogP contribution is -2.52. The number of hydrazine groups is 1. The van der Waals surface area contributed by atoms with Gasteiger partial charge < -0.3 is 24.3 Å². The SMILES string of the molecule is CCOC(=O)C1CCC=CCCCCCN(NC(=O)OC(C)(C)C)C(=O)C2CC(Oc3cc(-c4ccccc4)nc4cc(OC)ccc34)CC2C(=O)N1. The molecule has 0 radical (unpaired) electrons. The molecule has 5 rings (SSSR count). The minimum atomic E-state index is -0.890. The number of ether oxygens (including phenoxy) is 4. The number of rotatable bonds is 7. The number of nitrogens with one attached hydrogen (secondary N) is 2. The molecular weight excluding hydrogens is 676 g/mol. The Morgan fingerprint density at radius 3 is 2.45 bits per heavy atom. The summed E-state index contributed by atoms with van der Waals surface area (Å²) >= 11 is 0. The van der Waals surface area contributed by atoms with E-state index in [9.17, 15) is 19.2 Å². The van der Waals surface area contributed by atoms with Gasteiger partial charge in [0.2, 0.25) is 11.8 Å². The summed E-state index contributed by atoms with van der Waals surface area (Å²) in [6.07, 6.45) is 7.26. The van der Waals surface area contributed by atoms with Crippen molar-refractivity contribution in [3.05, 3.63) is 66.7 Å². The summed E-state index contributed by atoms with van der Waals surface area (Å²) in [6.45, 7) is 7.37. The fraction of sp³-hybridized carbons (Fsp3) is 0.488. The topological polar surface area (TPSA) is 145 Å². The summed E-state index contributed by atoms with van der Waals surface area (Å²) in [6, 6.07) is 16.3. The molecule has 4 atom stereocenters. The second-order valence-electron chi connectivity index (χ2n) is 14.5. The van der Waals surface area contributed by atoms with E-state index in [1.165, 1.54) is 5.01 Å². The summed E-state index contributed by atoms with van der Waals surface area (Å²) in [5.41, 5.74) is 4.13.